The van der Waals surface area contributed by atoms with Gasteiger partial charge in [-0.05, 0) is 49.6 Å². The lowest BCUT2D eigenvalue weighted by Gasteiger charge is -2.41. The highest BCUT2D eigenvalue weighted by molar-refractivity contribution is 5.94. The molecule has 3 atom stereocenters. The van der Waals surface area contributed by atoms with Gasteiger partial charge in [0.2, 0.25) is 5.91 Å². The lowest BCUT2D eigenvalue weighted by Crippen LogP contribution is -2.60. The zero-order valence-electron chi connectivity index (χ0n) is 19.1. The highest BCUT2D eigenvalue weighted by Gasteiger charge is 2.36. The van der Waals surface area contributed by atoms with Crippen molar-refractivity contribution in [1.82, 2.24) is 15.1 Å². The zero-order valence-corrected chi connectivity index (χ0v) is 19.1. The molecule has 0 saturated carbocycles. The number of piperazine rings is 1. The molecule has 1 fully saturated rings. The van der Waals surface area contributed by atoms with E-state index in [0.29, 0.717) is 31.1 Å². The Labute approximate surface area is 188 Å². The summed E-state index contributed by atoms with van der Waals surface area (Å²) in [5, 5.41) is 5.68. The molecule has 1 aliphatic heterocycles. The van der Waals surface area contributed by atoms with Crippen molar-refractivity contribution in [1.29, 1.82) is 0 Å². The van der Waals surface area contributed by atoms with Crippen LogP contribution in [0.4, 0.5) is 10.5 Å². The van der Waals surface area contributed by atoms with Crippen LogP contribution in [0.2, 0.25) is 0 Å². The predicted octanol–water partition coefficient (Wildman–Crippen LogP) is 3.50. The lowest BCUT2D eigenvalue weighted by molar-refractivity contribution is -0.136. The van der Waals surface area contributed by atoms with Crippen LogP contribution in [0.5, 0.6) is 0 Å². The van der Waals surface area contributed by atoms with Gasteiger partial charge < -0.3 is 24.9 Å². The number of carbonyl (C=O) groups is 3. The summed E-state index contributed by atoms with van der Waals surface area (Å²) in [6.07, 6.45) is 2.22. The molecule has 172 valence electrons. The zero-order chi connectivity index (χ0) is 23.3. The maximum absolute atomic E-state index is 13.4. The minimum Gasteiger partial charge on any atom is -0.459 e. The molecule has 8 heteroatoms. The third-order valence-electron chi connectivity index (χ3n) is 5.97. The first kappa shape index (κ1) is 23.4. The van der Waals surface area contributed by atoms with Crippen LogP contribution in [-0.2, 0) is 4.79 Å². The lowest BCUT2D eigenvalue weighted by atomic mass is 9.97. The van der Waals surface area contributed by atoms with E-state index in [0.717, 1.165) is 12.0 Å². The van der Waals surface area contributed by atoms with Gasteiger partial charge in [0.05, 0.1) is 6.26 Å². The fraction of sp³-hybridized carbons (Fsp3) is 0.458. The van der Waals surface area contributed by atoms with Gasteiger partial charge in [-0.2, -0.15) is 0 Å². The Bertz CT molecular complexity index is 943. The van der Waals surface area contributed by atoms with Crippen LogP contribution in [-0.4, -0.2) is 59.4 Å². The SMILES string of the molecule is CCC(C)C(NC(=O)Nc1cccc(C)c1)C(=O)N1CCN(C(=O)c2ccco2)C(C)C1. The summed E-state index contributed by atoms with van der Waals surface area (Å²) in [6.45, 7) is 9.03. The first-order valence-electron chi connectivity index (χ1n) is 11.1. The maximum atomic E-state index is 13.4. The second kappa shape index (κ2) is 10.3. The fourth-order valence-corrected chi connectivity index (χ4v) is 3.91. The van der Waals surface area contributed by atoms with Gasteiger partial charge >= 0.3 is 6.03 Å². The second-order valence-electron chi connectivity index (χ2n) is 8.44. The number of anilines is 1. The van der Waals surface area contributed by atoms with Gasteiger partial charge in [0.25, 0.3) is 5.91 Å². The minimum atomic E-state index is -0.649. The van der Waals surface area contributed by atoms with Gasteiger partial charge in [0, 0.05) is 31.4 Å². The van der Waals surface area contributed by atoms with Gasteiger partial charge in [0.15, 0.2) is 5.76 Å². The van der Waals surface area contributed by atoms with Crippen molar-refractivity contribution in [2.45, 2.75) is 46.2 Å². The average Bonchev–Trinajstić information content (AvgIpc) is 3.31. The number of hydrogen-bond donors (Lipinski definition) is 2. The van der Waals surface area contributed by atoms with E-state index < -0.39 is 12.1 Å². The van der Waals surface area contributed by atoms with Crippen LogP contribution >= 0.6 is 0 Å². The number of benzene rings is 1. The number of carbonyl (C=O) groups excluding carboxylic acids is 3. The Balaban J connectivity index is 1.64. The smallest absolute Gasteiger partial charge is 0.319 e. The Morgan fingerprint density at radius 1 is 1.19 bits per heavy atom. The normalized spacial score (nSPS) is 18.1. The van der Waals surface area contributed by atoms with E-state index in [1.54, 1.807) is 21.9 Å². The summed E-state index contributed by atoms with van der Waals surface area (Å²) in [4.78, 5) is 42.1. The highest BCUT2D eigenvalue weighted by Crippen LogP contribution is 2.18. The molecule has 3 rings (SSSR count). The molecule has 3 unspecified atom stereocenters. The van der Waals surface area contributed by atoms with Crippen molar-refractivity contribution in [3.8, 4) is 0 Å². The van der Waals surface area contributed by atoms with E-state index >= 15 is 0 Å². The maximum Gasteiger partial charge on any atom is 0.319 e. The summed E-state index contributed by atoms with van der Waals surface area (Å²) in [7, 11) is 0. The number of aryl methyl sites for hydroxylation is 1. The van der Waals surface area contributed by atoms with E-state index in [1.807, 2.05) is 52.0 Å². The monoisotopic (exact) mass is 440 g/mol. The van der Waals surface area contributed by atoms with E-state index in [-0.39, 0.29) is 23.8 Å². The van der Waals surface area contributed by atoms with E-state index in [2.05, 4.69) is 10.6 Å². The molecular formula is C24H32N4O4. The van der Waals surface area contributed by atoms with Crippen LogP contribution in [0, 0.1) is 12.8 Å². The molecule has 0 aliphatic carbocycles. The van der Waals surface area contributed by atoms with Crippen molar-refractivity contribution in [2.75, 3.05) is 25.0 Å². The minimum absolute atomic E-state index is 0.0381. The molecule has 0 spiro atoms. The van der Waals surface area contributed by atoms with Gasteiger partial charge in [-0.3, -0.25) is 9.59 Å². The molecule has 32 heavy (non-hydrogen) atoms. The van der Waals surface area contributed by atoms with Crippen molar-refractivity contribution < 1.29 is 18.8 Å². The van der Waals surface area contributed by atoms with Crippen molar-refractivity contribution in [2.24, 2.45) is 5.92 Å². The van der Waals surface area contributed by atoms with Crippen LogP contribution < -0.4 is 10.6 Å². The Kier molecular flexibility index (Phi) is 7.56. The summed E-state index contributed by atoms with van der Waals surface area (Å²) in [6, 6.07) is 9.60. The molecule has 0 radical (unpaired) electrons. The number of rotatable bonds is 6. The molecule has 1 aliphatic rings. The number of nitrogens with one attached hydrogen (secondary N) is 2. The third-order valence-corrected chi connectivity index (χ3v) is 5.97. The van der Waals surface area contributed by atoms with Gasteiger partial charge in [-0.15, -0.1) is 0 Å². The molecule has 8 nitrogen and oxygen atoms in total. The first-order valence-corrected chi connectivity index (χ1v) is 11.1. The Morgan fingerprint density at radius 3 is 2.59 bits per heavy atom. The second-order valence-corrected chi connectivity index (χ2v) is 8.44. The summed E-state index contributed by atoms with van der Waals surface area (Å²) in [5.74, 6) is -0.0492. The molecule has 2 aromatic rings. The molecule has 4 amide bonds. The van der Waals surface area contributed by atoms with E-state index in [9.17, 15) is 14.4 Å². The number of urea groups is 1. The summed E-state index contributed by atoms with van der Waals surface area (Å²) < 4.78 is 5.23. The topological polar surface area (TPSA) is 94.9 Å². The van der Waals surface area contributed by atoms with Crippen molar-refractivity contribution in [3.63, 3.8) is 0 Å². The van der Waals surface area contributed by atoms with E-state index in [4.69, 9.17) is 4.42 Å². The summed E-state index contributed by atoms with van der Waals surface area (Å²) in [5.41, 5.74) is 1.71. The first-order chi connectivity index (χ1) is 15.3. The van der Waals surface area contributed by atoms with Crippen molar-refractivity contribution >= 4 is 23.5 Å². The number of furan rings is 1. The summed E-state index contributed by atoms with van der Waals surface area (Å²) >= 11 is 0. The van der Waals surface area contributed by atoms with E-state index in [1.165, 1.54) is 6.26 Å². The van der Waals surface area contributed by atoms with Gasteiger partial charge in [-0.25, -0.2) is 4.79 Å². The van der Waals surface area contributed by atoms with Gasteiger partial charge in [-0.1, -0.05) is 32.4 Å². The molecule has 1 aromatic heterocycles. The quantitative estimate of drug-likeness (QED) is 0.719. The molecule has 0 bridgehead atoms. The Morgan fingerprint density at radius 2 is 1.97 bits per heavy atom. The molecule has 2 heterocycles. The number of amides is 4. The predicted molar refractivity (Wildman–Crippen MR) is 122 cm³/mol. The largest absolute Gasteiger partial charge is 0.459 e. The molecule has 1 saturated heterocycles. The van der Waals surface area contributed by atoms with Crippen LogP contribution in [0.3, 0.4) is 0 Å². The number of hydrogen-bond acceptors (Lipinski definition) is 4. The number of nitrogens with zero attached hydrogens (tertiary/aromatic N) is 2. The fourth-order valence-electron chi connectivity index (χ4n) is 3.91. The van der Waals surface area contributed by atoms with Crippen LogP contribution in [0.15, 0.2) is 47.1 Å². The third kappa shape index (κ3) is 5.49. The van der Waals surface area contributed by atoms with Crippen LogP contribution in [0.1, 0.15) is 43.3 Å². The average molecular weight is 441 g/mol. The standard InChI is InChI=1S/C24H32N4O4/c1-5-17(3)21(26-24(31)25-19-9-6-8-16(2)14-19)23(30)27-11-12-28(18(4)15-27)22(29)20-10-7-13-32-20/h6-10,13-14,17-18,21H,5,11-12,15H2,1-4H3,(H2,25,26,31). The Hall–Kier alpha value is -3.29. The van der Waals surface area contributed by atoms with Crippen LogP contribution in [0.25, 0.3) is 0 Å². The highest BCUT2D eigenvalue weighted by atomic mass is 16.3. The molecule has 1 aromatic carbocycles. The van der Waals surface area contributed by atoms with Gasteiger partial charge in [0.1, 0.15) is 6.04 Å². The van der Waals surface area contributed by atoms with Crippen molar-refractivity contribution in [3.05, 3.63) is 54.0 Å². The molecule has 2 N–H and O–H groups in total. The molecular weight excluding hydrogens is 408 g/mol.